The van der Waals surface area contributed by atoms with E-state index in [1.54, 1.807) is 6.33 Å². The predicted octanol–water partition coefficient (Wildman–Crippen LogP) is 2.75. The largest absolute Gasteiger partial charge is 0.255 e. The van der Waals surface area contributed by atoms with Crippen molar-refractivity contribution in [1.29, 1.82) is 0 Å². The van der Waals surface area contributed by atoms with Gasteiger partial charge in [-0.05, 0) is 24.5 Å². The second kappa shape index (κ2) is 3.84. The molecule has 0 atom stereocenters. The number of hydrogen-bond acceptors (Lipinski definition) is 2. The second-order valence-corrected chi connectivity index (χ2v) is 4.24. The average molecular weight is 301 g/mol. The van der Waals surface area contributed by atoms with Crippen molar-refractivity contribution in [2.45, 2.75) is 26.7 Å². The Hall–Kier alpha value is -0.650. The number of nitrogens with zero attached hydrogens (tertiary/aromatic N) is 3. The second-order valence-electron chi connectivity index (χ2n) is 3.20. The molecule has 0 saturated heterocycles. The lowest BCUT2D eigenvalue weighted by Gasteiger charge is -2.04. The van der Waals surface area contributed by atoms with Crippen molar-refractivity contribution in [3.05, 3.63) is 23.7 Å². The smallest absolute Gasteiger partial charge is 0.169 e. The lowest BCUT2D eigenvalue weighted by Crippen LogP contribution is -1.96. The van der Waals surface area contributed by atoms with Gasteiger partial charge in [0, 0.05) is 5.69 Å². The van der Waals surface area contributed by atoms with E-state index >= 15 is 0 Å². The van der Waals surface area contributed by atoms with E-state index in [2.05, 4.69) is 52.7 Å². The molecule has 0 aliphatic heterocycles. The summed E-state index contributed by atoms with van der Waals surface area (Å²) in [5, 5.41) is 0. The van der Waals surface area contributed by atoms with Gasteiger partial charge in [-0.15, -0.1) is 0 Å². The van der Waals surface area contributed by atoms with Crippen molar-refractivity contribution >= 4 is 34.0 Å². The minimum absolute atomic E-state index is 0.972. The SMILES string of the molecule is CCc1cc2ncn(I)c2nc1CC. The molecule has 0 aromatic carbocycles. The molecule has 2 aromatic heterocycles. The van der Waals surface area contributed by atoms with Crippen LogP contribution in [0.15, 0.2) is 12.4 Å². The first kappa shape index (κ1) is 9.89. The molecule has 3 nitrogen and oxygen atoms in total. The number of halogens is 1. The Morgan fingerprint density at radius 1 is 1.36 bits per heavy atom. The molecule has 0 radical (unpaired) electrons. The van der Waals surface area contributed by atoms with Crippen LogP contribution in [-0.2, 0) is 12.8 Å². The molecule has 0 saturated carbocycles. The zero-order chi connectivity index (χ0) is 10.1. The molecule has 4 heteroatoms. The predicted molar refractivity (Wildman–Crippen MR) is 65.7 cm³/mol. The Kier molecular flexibility index (Phi) is 2.71. The highest BCUT2D eigenvalue weighted by Gasteiger charge is 2.07. The van der Waals surface area contributed by atoms with Gasteiger partial charge in [-0.1, -0.05) is 13.8 Å². The minimum Gasteiger partial charge on any atom is -0.255 e. The van der Waals surface area contributed by atoms with E-state index in [1.807, 2.05) is 2.78 Å². The van der Waals surface area contributed by atoms with E-state index in [-0.39, 0.29) is 0 Å². The summed E-state index contributed by atoms with van der Waals surface area (Å²) in [5.74, 6) is 0. The number of pyridine rings is 1. The highest BCUT2D eigenvalue weighted by molar-refractivity contribution is 14.1. The molecule has 0 aliphatic carbocycles. The van der Waals surface area contributed by atoms with Gasteiger partial charge >= 0.3 is 0 Å². The Morgan fingerprint density at radius 2 is 2.14 bits per heavy atom. The van der Waals surface area contributed by atoms with Gasteiger partial charge in [0.25, 0.3) is 0 Å². The highest BCUT2D eigenvalue weighted by Crippen LogP contribution is 2.18. The first-order valence-corrected chi connectivity index (χ1v) is 5.74. The van der Waals surface area contributed by atoms with Gasteiger partial charge in [-0.25, -0.2) is 9.97 Å². The molecule has 0 N–H and O–H groups in total. The minimum atomic E-state index is 0.972. The van der Waals surface area contributed by atoms with Crippen LogP contribution in [0.2, 0.25) is 0 Å². The van der Waals surface area contributed by atoms with Gasteiger partial charge in [0.1, 0.15) is 11.8 Å². The Morgan fingerprint density at radius 3 is 2.79 bits per heavy atom. The molecule has 14 heavy (non-hydrogen) atoms. The maximum atomic E-state index is 4.62. The fraction of sp³-hybridized carbons (Fsp3) is 0.400. The molecule has 0 spiro atoms. The molecule has 2 aromatic rings. The number of fused-ring (bicyclic) bond motifs is 1. The van der Waals surface area contributed by atoms with Crippen molar-refractivity contribution in [3.63, 3.8) is 0 Å². The van der Waals surface area contributed by atoms with Crippen molar-refractivity contribution in [1.82, 2.24) is 12.7 Å². The van der Waals surface area contributed by atoms with Crippen LogP contribution in [0.3, 0.4) is 0 Å². The van der Waals surface area contributed by atoms with Crippen LogP contribution in [0.25, 0.3) is 11.2 Å². The molecule has 0 aliphatic rings. The molecule has 0 unspecified atom stereocenters. The lowest BCUT2D eigenvalue weighted by atomic mass is 10.1. The standard InChI is InChI=1S/C10H12IN3/c1-3-7-5-9-10(13-8(7)4-2)14(11)6-12-9/h5-6H,3-4H2,1-2H3. The number of aryl methyl sites for hydroxylation is 2. The summed E-state index contributed by atoms with van der Waals surface area (Å²) >= 11 is 2.20. The van der Waals surface area contributed by atoms with Gasteiger partial charge in [-0.2, -0.15) is 0 Å². The Balaban J connectivity index is 2.71. The van der Waals surface area contributed by atoms with Crippen molar-refractivity contribution in [2.75, 3.05) is 0 Å². The van der Waals surface area contributed by atoms with Gasteiger partial charge in [-0.3, -0.25) is 2.78 Å². The number of rotatable bonds is 2. The fourth-order valence-corrected chi connectivity index (χ4v) is 2.08. The van der Waals surface area contributed by atoms with Crippen LogP contribution < -0.4 is 0 Å². The summed E-state index contributed by atoms with van der Waals surface area (Å²) in [6, 6.07) is 2.15. The molecule has 2 rings (SSSR count). The van der Waals surface area contributed by atoms with Crippen LogP contribution >= 0.6 is 22.9 Å². The maximum absolute atomic E-state index is 4.62. The van der Waals surface area contributed by atoms with Crippen molar-refractivity contribution in [3.8, 4) is 0 Å². The molecule has 74 valence electrons. The Labute approximate surface area is 97.0 Å². The van der Waals surface area contributed by atoms with Gasteiger partial charge in [0.05, 0.1) is 22.9 Å². The summed E-state index contributed by atoms with van der Waals surface area (Å²) in [4.78, 5) is 8.91. The van der Waals surface area contributed by atoms with Crippen molar-refractivity contribution in [2.24, 2.45) is 0 Å². The van der Waals surface area contributed by atoms with E-state index < -0.39 is 0 Å². The zero-order valence-electron chi connectivity index (χ0n) is 8.29. The molecular formula is C10H12IN3. The van der Waals surface area contributed by atoms with Gasteiger partial charge in [0.2, 0.25) is 0 Å². The summed E-state index contributed by atoms with van der Waals surface area (Å²) in [6.45, 7) is 4.30. The average Bonchev–Trinajstić information content (AvgIpc) is 2.58. The first-order chi connectivity index (χ1) is 6.76. The van der Waals surface area contributed by atoms with Crippen LogP contribution in [0.4, 0.5) is 0 Å². The molecule has 0 bridgehead atoms. The van der Waals surface area contributed by atoms with Gasteiger partial charge < -0.3 is 0 Å². The van der Waals surface area contributed by atoms with E-state index in [4.69, 9.17) is 0 Å². The van der Waals surface area contributed by atoms with E-state index in [1.165, 1.54) is 11.3 Å². The topological polar surface area (TPSA) is 30.7 Å². The van der Waals surface area contributed by atoms with Gasteiger partial charge in [0.15, 0.2) is 5.65 Å². The number of imidazole rings is 1. The summed E-state index contributed by atoms with van der Waals surface area (Å²) < 4.78 is 1.94. The van der Waals surface area contributed by atoms with Crippen LogP contribution in [0, 0.1) is 0 Å². The van der Waals surface area contributed by atoms with Crippen LogP contribution in [0.1, 0.15) is 25.1 Å². The summed E-state index contributed by atoms with van der Waals surface area (Å²) in [6.07, 6.45) is 3.82. The van der Waals surface area contributed by atoms with Crippen LogP contribution in [0.5, 0.6) is 0 Å². The maximum Gasteiger partial charge on any atom is 0.169 e. The fourth-order valence-electron chi connectivity index (χ4n) is 1.60. The first-order valence-electron chi connectivity index (χ1n) is 4.78. The molecular weight excluding hydrogens is 289 g/mol. The lowest BCUT2D eigenvalue weighted by molar-refractivity contribution is 0.976. The van der Waals surface area contributed by atoms with E-state index in [0.29, 0.717) is 0 Å². The molecule has 0 amide bonds. The normalized spacial score (nSPS) is 11.1. The zero-order valence-corrected chi connectivity index (χ0v) is 10.4. The third-order valence-corrected chi connectivity index (χ3v) is 3.07. The quantitative estimate of drug-likeness (QED) is 0.799. The van der Waals surface area contributed by atoms with E-state index in [9.17, 15) is 0 Å². The monoisotopic (exact) mass is 301 g/mol. The highest BCUT2D eigenvalue weighted by atomic mass is 127. The number of aromatic nitrogens is 3. The van der Waals surface area contributed by atoms with Crippen LogP contribution in [-0.4, -0.2) is 12.7 Å². The summed E-state index contributed by atoms with van der Waals surface area (Å²) in [7, 11) is 0. The van der Waals surface area contributed by atoms with Crippen molar-refractivity contribution < 1.29 is 0 Å². The third-order valence-electron chi connectivity index (χ3n) is 2.37. The molecule has 2 heterocycles. The molecule has 0 fully saturated rings. The number of hydrogen-bond donors (Lipinski definition) is 0. The summed E-state index contributed by atoms with van der Waals surface area (Å²) in [5.41, 5.74) is 4.47. The van der Waals surface area contributed by atoms with E-state index in [0.717, 1.165) is 24.0 Å². The Bertz CT molecular complexity index is 462. The third kappa shape index (κ3) is 1.51.